The van der Waals surface area contributed by atoms with E-state index in [1.54, 1.807) is 0 Å². The smallest absolute Gasteiger partial charge is 0.159 e. The zero-order valence-corrected chi connectivity index (χ0v) is 18.5. The van der Waals surface area contributed by atoms with Gasteiger partial charge in [0, 0.05) is 37.0 Å². The normalized spacial score (nSPS) is 21.8. The number of nitrogens with one attached hydrogen (secondary N) is 1. The van der Waals surface area contributed by atoms with E-state index in [0.717, 1.165) is 53.9 Å². The molecule has 3 aromatic rings. The lowest BCUT2D eigenvalue weighted by molar-refractivity contribution is 0.0132. The molecule has 2 atom stereocenters. The standard InChI is InChI=1S/C23H29FN6O2/c1-14-7-16-10-26-30(21(16)8-19(14)18-3-4-25-11-20(18)24)23-9-22(27-15(2)28-23)29-12-17(13-29)32-6-5-31/h7-10,17-18,20,25,31H,3-6,11-13H2,1-2H3. The number of alkyl halides is 1. The number of fused-ring (bicyclic) bond motifs is 1. The van der Waals surface area contributed by atoms with Gasteiger partial charge in [-0.2, -0.15) is 5.10 Å². The number of piperidine rings is 1. The van der Waals surface area contributed by atoms with Crippen molar-refractivity contribution in [1.82, 2.24) is 25.1 Å². The van der Waals surface area contributed by atoms with Gasteiger partial charge < -0.3 is 20.1 Å². The summed E-state index contributed by atoms with van der Waals surface area (Å²) in [6, 6.07) is 6.11. The average molecular weight is 441 g/mol. The lowest BCUT2D eigenvalue weighted by Gasteiger charge is -2.39. The van der Waals surface area contributed by atoms with Gasteiger partial charge in [-0.25, -0.2) is 19.0 Å². The molecule has 0 aliphatic carbocycles. The Morgan fingerprint density at radius 3 is 2.78 bits per heavy atom. The summed E-state index contributed by atoms with van der Waals surface area (Å²) in [6.07, 6.45) is 1.83. The Kier molecular flexibility index (Phi) is 5.79. The van der Waals surface area contributed by atoms with Gasteiger partial charge in [0.25, 0.3) is 0 Å². The molecular formula is C23H29FN6O2. The van der Waals surface area contributed by atoms with Crippen molar-refractivity contribution >= 4 is 16.7 Å². The van der Waals surface area contributed by atoms with E-state index in [2.05, 4.69) is 37.4 Å². The van der Waals surface area contributed by atoms with E-state index in [1.165, 1.54) is 0 Å². The van der Waals surface area contributed by atoms with Crippen LogP contribution < -0.4 is 10.2 Å². The predicted octanol–water partition coefficient (Wildman–Crippen LogP) is 2.04. The lowest BCUT2D eigenvalue weighted by atomic mass is 9.85. The van der Waals surface area contributed by atoms with Crippen molar-refractivity contribution in [3.63, 3.8) is 0 Å². The molecule has 2 aliphatic heterocycles. The summed E-state index contributed by atoms with van der Waals surface area (Å²) < 4.78 is 22.1. The van der Waals surface area contributed by atoms with Crippen LogP contribution in [0.3, 0.4) is 0 Å². The highest BCUT2D eigenvalue weighted by molar-refractivity contribution is 5.82. The van der Waals surface area contributed by atoms with Crippen LogP contribution in [0.25, 0.3) is 16.7 Å². The van der Waals surface area contributed by atoms with Gasteiger partial charge in [-0.3, -0.25) is 0 Å². The molecule has 0 saturated carbocycles. The molecule has 0 bridgehead atoms. The van der Waals surface area contributed by atoms with Gasteiger partial charge in [0.15, 0.2) is 5.82 Å². The predicted molar refractivity (Wildman–Crippen MR) is 120 cm³/mol. The number of rotatable bonds is 6. The fraction of sp³-hybridized carbons (Fsp3) is 0.522. The molecule has 170 valence electrons. The molecule has 32 heavy (non-hydrogen) atoms. The van der Waals surface area contributed by atoms with Gasteiger partial charge in [-0.15, -0.1) is 0 Å². The molecule has 9 heteroatoms. The quantitative estimate of drug-likeness (QED) is 0.607. The highest BCUT2D eigenvalue weighted by Crippen LogP contribution is 2.33. The Morgan fingerprint density at radius 1 is 1.19 bits per heavy atom. The van der Waals surface area contributed by atoms with Crippen molar-refractivity contribution in [2.75, 3.05) is 44.3 Å². The van der Waals surface area contributed by atoms with E-state index >= 15 is 0 Å². The van der Waals surface area contributed by atoms with Crippen molar-refractivity contribution < 1.29 is 14.2 Å². The van der Waals surface area contributed by atoms with Crippen LogP contribution in [0.1, 0.15) is 29.3 Å². The summed E-state index contributed by atoms with van der Waals surface area (Å²) in [6.45, 7) is 6.98. The molecule has 8 nitrogen and oxygen atoms in total. The van der Waals surface area contributed by atoms with Gasteiger partial charge in [-0.05, 0) is 50.1 Å². The first kappa shape index (κ1) is 21.2. The largest absolute Gasteiger partial charge is 0.394 e. The second-order valence-corrected chi connectivity index (χ2v) is 8.69. The average Bonchev–Trinajstić information content (AvgIpc) is 3.15. The first-order valence-electron chi connectivity index (χ1n) is 11.2. The number of ether oxygens (including phenoxy) is 1. The summed E-state index contributed by atoms with van der Waals surface area (Å²) in [4.78, 5) is 11.3. The van der Waals surface area contributed by atoms with Crippen molar-refractivity contribution in [3.05, 3.63) is 41.3 Å². The maximum Gasteiger partial charge on any atom is 0.159 e. The molecule has 0 amide bonds. The van der Waals surface area contributed by atoms with Crippen LogP contribution >= 0.6 is 0 Å². The molecule has 2 aliphatic rings. The fourth-order valence-electron chi connectivity index (χ4n) is 4.71. The molecule has 2 fully saturated rings. The van der Waals surface area contributed by atoms with E-state index in [-0.39, 0.29) is 18.6 Å². The van der Waals surface area contributed by atoms with Crippen LogP contribution in [0.4, 0.5) is 10.2 Å². The Balaban J connectivity index is 1.47. The molecule has 2 saturated heterocycles. The number of benzene rings is 1. The second kappa shape index (κ2) is 8.73. The highest BCUT2D eigenvalue weighted by Gasteiger charge is 2.30. The molecule has 5 rings (SSSR count). The molecule has 2 N–H and O–H groups in total. The van der Waals surface area contributed by atoms with Crippen molar-refractivity contribution in [2.24, 2.45) is 0 Å². The number of aryl methyl sites for hydroxylation is 2. The maximum absolute atomic E-state index is 14.7. The van der Waals surface area contributed by atoms with Crippen LogP contribution in [-0.4, -0.2) is 76.5 Å². The molecule has 2 aromatic heterocycles. The number of anilines is 1. The van der Waals surface area contributed by atoms with Gasteiger partial charge in [0.05, 0.1) is 31.0 Å². The van der Waals surface area contributed by atoms with E-state index < -0.39 is 6.17 Å². The highest BCUT2D eigenvalue weighted by atomic mass is 19.1. The number of hydrogen-bond acceptors (Lipinski definition) is 7. The van der Waals surface area contributed by atoms with E-state index in [1.807, 2.05) is 30.8 Å². The topological polar surface area (TPSA) is 88.3 Å². The van der Waals surface area contributed by atoms with Crippen molar-refractivity contribution in [3.8, 4) is 5.82 Å². The maximum atomic E-state index is 14.7. The van der Waals surface area contributed by atoms with Crippen LogP contribution in [0.5, 0.6) is 0 Å². The Bertz CT molecular complexity index is 1110. The molecule has 4 heterocycles. The third-order valence-electron chi connectivity index (χ3n) is 6.41. The van der Waals surface area contributed by atoms with Crippen LogP contribution in [0, 0.1) is 13.8 Å². The van der Waals surface area contributed by atoms with Gasteiger partial charge in [0.1, 0.15) is 17.8 Å². The number of aliphatic hydroxyl groups excluding tert-OH is 1. The SMILES string of the molecule is Cc1nc(N2CC(OCCO)C2)cc(-n2ncc3cc(C)c(C4CCNCC4F)cc32)n1. The fourth-order valence-corrected chi connectivity index (χ4v) is 4.71. The Labute approximate surface area is 186 Å². The Hall–Kier alpha value is -2.62. The molecular weight excluding hydrogens is 411 g/mol. The van der Waals surface area contributed by atoms with Gasteiger partial charge in [-0.1, -0.05) is 0 Å². The number of nitrogens with zero attached hydrogens (tertiary/aromatic N) is 5. The molecule has 0 radical (unpaired) electrons. The van der Waals surface area contributed by atoms with Crippen LogP contribution in [-0.2, 0) is 4.74 Å². The number of halogens is 1. The van der Waals surface area contributed by atoms with E-state index in [9.17, 15) is 4.39 Å². The summed E-state index contributed by atoms with van der Waals surface area (Å²) in [5.41, 5.74) is 3.07. The third-order valence-corrected chi connectivity index (χ3v) is 6.41. The molecule has 1 aromatic carbocycles. The first-order chi connectivity index (χ1) is 15.5. The molecule has 2 unspecified atom stereocenters. The number of aromatic nitrogens is 4. The van der Waals surface area contributed by atoms with Crippen molar-refractivity contribution in [2.45, 2.75) is 38.5 Å². The van der Waals surface area contributed by atoms with E-state index in [0.29, 0.717) is 24.8 Å². The minimum Gasteiger partial charge on any atom is -0.394 e. The van der Waals surface area contributed by atoms with Crippen molar-refractivity contribution in [1.29, 1.82) is 0 Å². The first-order valence-corrected chi connectivity index (χ1v) is 11.2. The third kappa shape index (κ3) is 3.96. The molecule has 0 spiro atoms. The lowest BCUT2D eigenvalue weighted by Crippen LogP contribution is -2.53. The van der Waals surface area contributed by atoms with Crippen LogP contribution in [0.15, 0.2) is 24.4 Å². The van der Waals surface area contributed by atoms with E-state index in [4.69, 9.17) is 9.84 Å². The summed E-state index contributed by atoms with van der Waals surface area (Å²) in [7, 11) is 0. The monoisotopic (exact) mass is 440 g/mol. The zero-order chi connectivity index (χ0) is 22.2. The number of hydrogen-bond donors (Lipinski definition) is 2. The van der Waals surface area contributed by atoms with Crippen LogP contribution in [0.2, 0.25) is 0 Å². The summed E-state index contributed by atoms with van der Waals surface area (Å²) in [5, 5.41) is 17.7. The second-order valence-electron chi connectivity index (χ2n) is 8.69. The zero-order valence-electron chi connectivity index (χ0n) is 18.5. The summed E-state index contributed by atoms with van der Waals surface area (Å²) >= 11 is 0. The minimum absolute atomic E-state index is 0.0294. The van der Waals surface area contributed by atoms with Gasteiger partial charge >= 0.3 is 0 Å². The summed E-state index contributed by atoms with van der Waals surface area (Å²) in [5.74, 6) is 2.08. The minimum atomic E-state index is -0.892. The Morgan fingerprint density at radius 2 is 2.00 bits per heavy atom. The number of aliphatic hydroxyl groups is 1. The van der Waals surface area contributed by atoms with Gasteiger partial charge in [0.2, 0.25) is 0 Å².